The first-order valence-corrected chi connectivity index (χ1v) is 14.4. The van der Waals surface area contributed by atoms with Crippen molar-refractivity contribution in [2.75, 3.05) is 7.05 Å². The fourth-order valence-electron chi connectivity index (χ4n) is 7.34. The summed E-state index contributed by atoms with van der Waals surface area (Å²) in [6, 6.07) is 0.438. The van der Waals surface area contributed by atoms with Gasteiger partial charge in [-0.05, 0) is 75.0 Å². The lowest BCUT2D eigenvalue weighted by molar-refractivity contribution is -0.128. The largest absolute Gasteiger partial charge is 0.339 e. The average Bonchev–Trinajstić information content (AvgIpc) is 2.83. The Morgan fingerprint density at radius 3 is 1.62 bits per heavy atom. The number of unbranched alkanes of at least 4 members (excludes halogenated alkanes) is 2. The summed E-state index contributed by atoms with van der Waals surface area (Å²) in [5.74, 6) is 5.14. The van der Waals surface area contributed by atoms with Crippen LogP contribution in [0.1, 0.15) is 129 Å². The van der Waals surface area contributed by atoms with Crippen LogP contribution < -0.4 is 0 Å². The number of rotatable bonds is 10. The third kappa shape index (κ3) is 7.63. The molecule has 3 rings (SSSR count). The Bertz CT molecular complexity index is 559. The van der Waals surface area contributed by atoms with Gasteiger partial charge in [0.1, 0.15) is 0 Å². The Kier molecular flexibility index (Phi) is 10.6. The van der Waals surface area contributed by atoms with Crippen LogP contribution in [0.4, 0.5) is 0 Å². The van der Waals surface area contributed by atoms with Gasteiger partial charge in [0.25, 0.3) is 0 Å². The zero-order valence-corrected chi connectivity index (χ0v) is 21.8. The number of nitrogens with zero attached hydrogens (tertiary/aromatic N) is 1. The van der Waals surface area contributed by atoms with E-state index in [9.17, 15) is 4.79 Å². The van der Waals surface area contributed by atoms with E-state index in [1.54, 1.807) is 0 Å². The minimum absolute atomic E-state index is 0.138. The molecule has 0 heterocycles. The van der Waals surface area contributed by atoms with E-state index in [4.69, 9.17) is 0 Å². The van der Waals surface area contributed by atoms with Gasteiger partial charge in [-0.3, -0.25) is 4.79 Å². The number of hydrogen-bond acceptors (Lipinski definition) is 1. The summed E-state index contributed by atoms with van der Waals surface area (Å²) in [4.78, 5) is 14.2. The Balaban J connectivity index is 1.28. The summed E-state index contributed by atoms with van der Waals surface area (Å²) in [7, 11) is 1.98. The van der Waals surface area contributed by atoms with E-state index in [0.717, 1.165) is 29.6 Å². The molecule has 0 aromatic rings. The molecule has 2 nitrogen and oxygen atoms in total. The monoisotopic (exact) mass is 443 g/mol. The maximum Gasteiger partial charge on any atom is 0.248 e. The molecule has 0 atom stereocenters. The van der Waals surface area contributed by atoms with Crippen molar-refractivity contribution in [3.8, 4) is 0 Å². The first kappa shape index (κ1) is 25.8. The van der Waals surface area contributed by atoms with E-state index in [-0.39, 0.29) is 5.91 Å². The van der Waals surface area contributed by atoms with Gasteiger partial charge >= 0.3 is 0 Å². The highest BCUT2D eigenvalue weighted by Crippen LogP contribution is 2.43. The van der Waals surface area contributed by atoms with Gasteiger partial charge in [0, 0.05) is 18.7 Å². The van der Waals surface area contributed by atoms with E-state index in [2.05, 4.69) is 13.5 Å². The summed E-state index contributed by atoms with van der Waals surface area (Å²) < 4.78 is 0. The summed E-state index contributed by atoms with van der Waals surface area (Å²) >= 11 is 0. The van der Waals surface area contributed by atoms with Crippen LogP contribution in [0.2, 0.25) is 0 Å². The number of carbonyl (C=O) groups is 1. The molecule has 0 N–H and O–H groups in total. The van der Waals surface area contributed by atoms with Crippen molar-refractivity contribution in [2.45, 2.75) is 135 Å². The zero-order valence-electron chi connectivity index (χ0n) is 21.8. The van der Waals surface area contributed by atoms with Crippen LogP contribution in [0.3, 0.4) is 0 Å². The van der Waals surface area contributed by atoms with Gasteiger partial charge < -0.3 is 4.90 Å². The molecule has 0 aromatic heterocycles. The van der Waals surface area contributed by atoms with Crippen molar-refractivity contribution in [2.24, 2.45) is 29.6 Å². The number of carbonyl (C=O) groups excluding carboxylic acids is 1. The molecule has 0 radical (unpaired) electrons. The summed E-state index contributed by atoms with van der Waals surface area (Å²) in [6.45, 7) is 8.00. The molecule has 2 heteroatoms. The highest BCUT2D eigenvalue weighted by molar-refractivity contribution is 5.92. The molecule has 0 unspecified atom stereocenters. The second-order valence-corrected chi connectivity index (χ2v) is 12.0. The predicted molar refractivity (Wildman–Crippen MR) is 138 cm³/mol. The molecule has 3 aliphatic carbocycles. The Morgan fingerprint density at radius 1 is 0.719 bits per heavy atom. The lowest BCUT2D eigenvalue weighted by atomic mass is 9.69. The van der Waals surface area contributed by atoms with Crippen LogP contribution in [-0.4, -0.2) is 23.9 Å². The van der Waals surface area contributed by atoms with Crippen LogP contribution in [0.5, 0.6) is 0 Å². The Morgan fingerprint density at radius 2 is 1.16 bits per heavy atom. The molecule has 1 amide bonds. The molecule has 0 aromatic carbocycles. The minimum Gasteiger partial charge on any atom is -0.339 e. The van der Waals surface area contributed by atoms with Crippen molar-refractivity contribution in [1.82, 2.24) is 4.90 Å². The molecule has 0 spiro atoms. The van der Waals surface area contributed by atoms with Gasteiger partial charge in [0.05, 0.1) is 0 Å². The number of amides is 1. The predicted octanol–water partition coefficient (Wildman–Crippen LogP) is 8.55. The van der Waals surface area contributed by atoms with Gasteiger partial charge in [-0.2, -0.15) is 0 Å². The zero-order chi connectivity index (χ0) is 22.9. The lowest BCUT2D eigenvalue weighted by Gasteiger charge is -2.40. The maximum absolute atomic E-state index is 12.2. The molecule has 3 saturated carbocycles. The highest BCUT2D eigenvalue weighted by atomic mass is 16.2. The molecule has 3 aliphatic rings. The van der Waals surface area contributed by atoms with Gasteiger partial charge in [0.15, 0.2) is 0 Å². The molecule has 3 fully saturated rings. The molecule has 0 saturated heterocycles. The van der Waals surface area contributed by atoms with Gasteiger partial charge in [0.2, 0.25) is 5.91 Å². The van der Waals surface area contributed by atoms with Gasteiger partial charge in [-0.15, -0.1) is 0 Å². The topological polar surface area (TPSA) is 20.3 Å². The maximum atomic E-state index is 12.2. The number of hydrogen-bond donors (Lipinski definition) is 0. The first-order valence-electron chi connectivity index (χ1n) is 14.4. The molecular formula is C30H53NO. The van der Waals surface area contributed by atoms with Crippen molar-refractivity contribution in [3.63, 3.8) is 0 Å². The summed E-state index contributed by atoms with van der Waals surface area (Å²) in [5.41, 5.74) is 0.674. The third-order valence-corrected chi connectivity index (χ3v) is 9.70. The van der Waals surface area contributed by atoms with E-state index in [1.165, 1.54) is 116 Å². The molecular weight excluding hydrogens is 390 g/mol. The number of likely N-dealkylation sites (N-methyl/N-ethyl adjacent to an activating group) is 1. The Hall–Kier alpha value is -0.790. The summed E-state index contributed by atoms with van der Waals surface area (Å²) in [6.07, 6.45) is 25.9. The van der Waals surface area contributed by atoms with Crippen LogP contribution in [0.25, 0.3) is 0 Å². The standard InChI is InChI=1S/C30H53NO/c1-5-6-7-8-24-9-11-25(12-10-24)13-14-26-15-17-27(18-16-26)28-19-21-29(22-20-28)31(4)30(32)23(2)3/h24-29H,2,5-22H2,1,3-4H3. The van der Waals surface area contributed by atoms with Crippen LogP contribution >= 0.6 is 0 Å². The second-order valence-electron chi connectivity index (χ2n) is 12.0. The van der Waals surface area contributed by atoms with Crippen molar-refractivity contribution >= 4 is 5.91 Å². The van der Waals surface area contributed by atoms with Crippen molar-refractivity contribution in [1.29, 1.82) is 0 Å². The molecule has 0 aliphatic heterocycles. The summed E-state index contributed by atoms with van der Waals surface area (Å²) in [5, 5.41) is 0. The fourth-order valence-corrected chi connectivity index (χ4v) is 7.34. The van der Waals surface area contributed by atoms with Crippen LogP contribution in [-0.2, 0) is 4.79 Å². The van der Waals surface area contributed by atoms with Crippen LogP contribution in [0, 0.1) is 29.6 Å². The quantitative estimate of drug-likeness (QED) is 0.244. The van der Waals surface area contributed by atoms with Gasteiger partial charge in [-0.1, -0.05) is 90.6 Å². The highest BCUT2D eigenvalue weighted by Gasteiger charge is 2.33. The van der Waals surface area contributed by atoms with E-state index in [0.29, 0.717) is 11.6 Å². The molecule has 184 valence electrons. The SMILES string of the molecule is C=C(C)C(=O)N(C)C1CCC(C2CCC(CCC3CCC(CCCCC)CC3)CC2)CC1. The normalized spacial score (nSPS) is 33.6. The van der Waals surface area contributed by atoms with Crippen LogP contribution in [0.15, 0.2) is 12.2 Å². The van der Waals surface area contributed by atoms with Crippen molar-refractivity contribution < 1.29 is 4.79 Å². The van der Waals surface area contributed by atoms with Gasteiger partial charge in [-0.25, -0.2) is 0 Å². The third-order valence-electron chi connectivity index (χ3n) is 9.70. The smallest absolute Gasteiger partial charge is 0.248 e. The molecule has 32 heavy (non-hydrogen) atoms. The van der Waals surface area contributed by atoms with E-state index in [1.807, 2.05) is 18.9 Å². The fraction of sp³-hybridized carbons (Fsp3) is 0.900. The first-order chi connectivity index (χ1) is 15.5. The van der Waals surface area contributed by atoms with E-state index >= 15 is 0 Å². The second kappa shape index (κ2) is 13.2. The Labute approximate surface area is 200 Å². The molecule has 0 bridgehead atoms. The minimum atomic E-state index is 0.138. The lowest BCUT2D eigenvalue weighted by Crippen LogP contribution is -2.40. The average molecular weight is 444 g/mol. The van der Waals surface area contributed by atoms with E-state index < -0.39 is 0 Å². The van der Waals surface area contributed by atoms with Crippen molar-refractivity contribution in [3.05, 3.63) is 12.2 Å².